The Labute approximate surface area is 111 Å². The third-order valence-electron chi connectivity index (χ3n) is 2.67. The van der Waals surface area contributed by atoms with Crippen LogP contribution in [0.5, 0.6) is 0 Å². The van der Waals surface area contributed by atoms with Crippen molar-refractivity contribution in [3.05, 3.63) is 11.4 Å². The molecule has 0 aliphatic heterocycles. The summed E-state index contributed by atoms with van der Waals surface area (Å²) in [7, 11) is 3.86. The van der Waals surface area contributed by atoms with E-state index >= 15 is 0 Å². The number of aromatic nitrogens is 2. The predicted molar refractivity (Wildman–Crippen MR) is 76.7 cm³/mol. The summed E-state index contributed by atoms with van der Waals surface area (Å²) in [6.45, 7) is 4.27. The summed E-state index contributed by atoms with van der Waals surface area (Å²) < 4.78 is 5.38. The number of hydrogen-bond acceptors (Lipinski definition) is 6. The zero-order chi connectivity index (χ0) is 13.0. The highest BCUT2D eigenvalue weighted by Gasteiger charge is 2.11. The number of rotatable bonds is 6. The van der Waals surface area contributed by atoms with Gasteiger partial charge in [0, 0.05) is 27.2 Å². The lowest BCUT2D eigenvalue weighted by Gasteiger charge is -2.19. The molecule has 98 valence electrons. The van der Waals surface area contributed by atoms with Crippen molar-refractivity contribution < 1.29 is 4.74 Å². The third-order valence-corrected chi connectivity index (χ3v) is 3.47. The molecule has 1 N–H and O–H groups in total. The Bertz CT molecular complexity index is 514. The second-order valence-corrected chi connectivity index (χ2v) is 4.77. The van der Waals surface area contributed by atoms with E-state index in [-0.39, 0.29) is 0 Å². The first-order valence-corrected chi connectivity index (χ1v) is 6.86. The number of nitrogens with zero attached hydrogens (tertiary/aromatic N) is 3. The minimum Gasteiger partial charge on any atom is -0.380 e. The number of fused-ring (bicyclic) bond motifs is 1. The van der Waals surface area contributed by atoms with E-state index in [2.05, 4.69) is 26.3 Å². The monoisotopic (exact) mass is 266 g/mol. The van der Waals surface area contributed by atoms with E-state index in [0.29, 0.717) is 12.6 Å². The lowest BCUT2D eigenvalue weighted by molar-refractivity contribution is 0.154. The maximum absolute atomic E-state index is 5.38. The molecule has 0 saturated carbocycles. The van der Waals surface area contributed by atoms with Crippen molar-refractivity contribution >= 4 is 33.3 Å². The van der Waals surface area contributed by atoms with Crippen LogP contribution in [0.15, 0.2) is 11.4 Å². The fourth-order valence-corrected chi connectivity index (χ4v) is 2.45. The molecule has 0 bridgehead atoms. The van der Waals surface area contributed by atoms with E-state index in [1.807, 2.05) is 26.4 Å². The van der Waals surface area contributed by atoms with Crippen LogP contribution in [-0.4, -0.2) is 43.8 Å². The van der Waals surface area contributed by atoms with E-state index in [0.717, 1.165) is 29.2 Å². The van der Waals surface area contributed by atoms with E-state index in [1.165, 1.54) is 0 Å². The molecule has 0 aliphatic carbocycles. The summed E-state index contributed by atoms with van der Waals surface area (Å²) in [6, 6.07) is 2.06. The number of nitrogens with one attached hydrogen (secondary N) is 1. The highest BCUT2D eigenvalue weighted by molar-refractivity contribution is 7.16. The van der Waals surface area contributed by atoms with Crippen LogP contribution >= 0.6 is 11.3 Å². The molecule has 18 heavy (non-hydrogen) atoms. The van der Waals surface area contributed by atoms with Crippen LogP contribution in [0.3, 0.4) is 0 Å². The summed E-state index contributed by atoms with van der Waals surface area (Å²) in [4.78, 5) is 12.1. The first kappa shape index (κ1) is 13.0. The van der Waals surface area contributed by atoms with Gasteiger partial charge < -0.3 is 15.0 Å². The van der Waals surface area contributed by atoms with Crippen LogP contribution in [0.4, 0.5) is 11.8 Å². The number of ether oxygens (including phenoxy) is 1. The topological polar surface area (TPSA) is 50.3 Å². The van der Waals surface area contributed by atoms with Gasteiger partial charge in [-0.25, -0.2) is 4.98 Å². The van der Waals surface area contributed by atoms with Gasteiger partial charge in [-0.3, -0.25) is 0 Å². The molecule has 0 saturated heterocycles. The van der Waals surface area contributed by atoms with Crippen molar-refractivity contribution in [3.63, 3.8) is 0 Å². The van der Waals surface area contributed by atoms with Crippen molar-refractivity contribution in [2.75, 3.05) is 44.1 Å². The van der Waals surface area contributed by atoms with Crippen LogP contribution in [0.25, 0.3) is 10.2 Å². The zero-order valence-electron chi connectivity index (χ0n) is 10.9. The molecule has 0 amide bonds. The Balaban J connectivity index is 2.27. The average molecular weight is 266 g/mol. The summed E-state index contributed by atoms with van der Waals surface area (Å²) in [5, 5.41) is 6.13. The standard InChI is InChI=1S/C12H18N4OS/c1-4-17-7-6-16(3)10-9-5-8-18-11(9)15-12(13-2)14-10/h5,8H,4,6-7H2,1-3H3,(H,13,14,15). The Morgan fingerprint density at radius 2 is 2.28 bits per heavy atom. The molecule has 6 heteroatoms. The molecule has 2 heterocycles. The molecule has 0 aliphatic rings. The zero-order valence-corrected chi connectivity index (χ0v) is 11.8. The fourth-order valence-electron chi connectivity index (χ4n) is 1.69. The van der Waals surface area contributed by atoms with Gasteiger partial charge in [0.15, 0.2) is 0 Å². The van der Waals surface area contributed by atoms with Gasteiger partial charge in [-0.1, -0.05) is 0 Å². The second kappa shape index (κ2) is 5.97. The summed E-state index contributed by atoms with van der Waals surface area (Å²) >= 11 is 1.63. The van der Waals surface area contributed by atoms with Crippen molar-refractivity contribution in [1.29, 1.82) is 0 Å². The maximum Gasteiger partial charge on any atom is 0.225 e. The Morgan fingerprint density at radius 3 is 3.00 bits per heavy atom. The van der Waals surface area contributed by atoms with Crippen molar-refractivity contribution in [3.8, 4) is 0 Å². The SMILES string of the molecule is CCOCCN(C)c1nc(NC)nc2sccc12. The smallest absolute Gasteiger partial charge is 0.225 e. The van der Waals surface area contributed by atoms with Crippen LogP contribution < -0.4 is 10.2 Å². The number of hydrogen-bond donors (Lipinski definition) is 1. The van der Waals surface area contributed by atoms with Gasteiger partial charge in [0.2, 0.25) is 5.95 Å². The molecule has 0 aromatic carbocycles. The van der Waals surface area contributed by atoms with Crippen molar-refractivity contribution in [1.82, 2.24) is 9.97 Å². The molecule has 5 nitrogen and oxygen atoms in total. The average Bonchev–Trinajstić information content (AvgIpc) is 2.85. The molecule has 2 rings (SSSR count). The first-order valence-electron chi connectivity index (χ1n) is 5.98. The molecule has 0 fully saturated rings. The minimum atomic E-state index is 0.656. The summed E-state index contributed by atoms with van der Waals surface area (Å²) in [5.41, 5.74) is 0. The van der Waals surface area contributed by atoms with Gasteiger partial charge in [-0.15, -0.1) is 11.3 Å². The summed E-state index contributed by atoms with van der Waals surface area (Å²) in [5.74, 6) is 1.61. The van der Waals surface area contributed by atoms with Crippen LogP contribution in [-0.2, 0) is 4.74 Å². The fraction of sp³-hybridized carbons (Fsp3) is 0.500. The number of likely N-dealkylation sites (N-methyl/N-ethyl adjacent to an activating group) is 1. The minimum absolute atomic E-state index is 0.656. The second-order valence-electron chi connectivity index (χ2n) is 3.88. The van der Waals surface area contributed by atoms with Gasteiger partial charge in [-0.05, 0) is 18.4 Å². The molecule has 0 atom stereocenters. The van der Waals surface area contributed by atoms with Crippen LogP contribution in [0.1, 0.15) is 6.92 Å². The predicted octanol–water partition coefficient (Wildman–Crippen LogP) is 2.21. The van der Waals surface area contributed by atoms with E-state index < -0.39 is 0 Å². The Kier molecular flexibility index (Phi) is 4.33. The van der Waals surface area contributed by atoms with Crippen LogP contribution in [0.2, 0.25) is 0 Å². The van der Waals surface area contributed by atoms with Gasteiger partial charge in [0.05, 0.1) is 12.0 Å². The third kappa shape index (κ3) is 2.70. The maximum atomic E-state index is 5.38. The van der Waals surface area contributed by atoms with E-state index in [1.54, 1.807) is 11.3 Å². The lowest BCUT2D eigenvalue weighted by Crippen LogP contribution is -2.24. The molecule has 2 aromatic heterocycles. The Hall–Kier alpha value is -1.40. The molecular weight excluding hydrogens is 248 g/mol. The van der Waals surface area contributed by atoms with Gasteiger partial charge in [0.25, 0.3) is 0 Å². The van der Waals surface area contributed by atoms with E-state index in [9.17, 15) is 0 Å². The quantitative estimate of drug-likeness (QED) is 0.812. The molecule has 0 spiro atoms. The van der Waals surface area contributed by atoms with E-state index in [4.69, 9.17) is 4.74 Å². The van der Waals surface area contributed by atoms with Crippen LogP contribution in [0, 0.1) is 0 Å². The largest absolute Gasteiger partial charge is 0.380 e. The number of thiophene rings is 1. The summed E-state index contributed by atoms with van der Waals surface area (Å²) in [6.07, 6.45) is 0. The highest BCUT2D eigenvalue weighted by atomic mass is 32.1. The molecule has 0 radical (unpaired) electrons. The first-order chi connectivity index (χ1) is 8.76. The normalized spacial score (nSPS) is 10.8. The molecular formula is C12H18N4OS. The lowest BCUT2D eigenvalue weighted by atomic mass is 10.3. The van der Waals surface area contributed by atoms with Gasteiger partial charge in [0.1, 0.15) is 10.6 Å². The van der Waals surface area contributed by atoms with Crippen molar-refractivity contribution in [2.45, 2.75) is 6.92 Å². The molecule has 0 unspecified atom stereocenters. The number of anilines is 2. The van der Waals surface area contributed by atoms with Gasteiger partial charge in [-0.2, -0.15) is 4.98 Å². The Morgan fingerprint density at radius 1 is 1.44 bits per heavy atom. The van der Waals surface area contributed by atoms with Gasteiger partial charge >= 0.3 is 0 Å². The highest BCUT2D eigenvalue weighted by Crippen LogP contribution is 2.28. The van der Waals surface area contributed by atoms with Crippen molar-refractivity contribution in [2.24, 2.45) is 0 Å². The molecule has 2 aromatic rings.